The molecule has 0 bridgehead atoms. The molecule has 0 spiro atoms. The van der Waals surface area contributed by atoms with Crippen molar-refractivity contribution in [2.45, 2.75) is 6.92 Å². The van der Waals surface area contributed by atoms with E-state index in [9.17, 15) is 19.7 Å². The maximum absolute atomic E-state index is 13.7. The van der Waals surface area contributed by atoms with Crippen LogP contribution in [0.4, 0.5) is 5.69 Å². The Morgan fingerprint density at radius 2 is 1.61 bits per heavy atom. The fourth-order valence-corrected chi connectivity index (χ4v) is 4.20. The number of aromatic nitrogens is 4. The first kappa shape index (κ1) is 22.7. The van der Waals surface area contributed by atoms with Crippen LogP contribution in [-0.2, 0) is 7.05 Å². The summed E-state index contributed by atoms with van der Waals surface area (Å²) >= 11 is 0. The highest BCUT2D eigenvalue weighted by Crippen LogP contribution is 2.19. The molecule has 0 saturated carbocycles. The number of para-hydroxylation sites is 2. The number of non-ortho nitro benzene ring substituents is 1. The fraction of sp³-hybridized carbons (Fsp3) is 0.0741. The molecule has 2 aromatic heterocycles. The van der Waals surface area contributed by atoms with E-state index in [0.717, 1.165) is 0 Å². The third kappa shape index (κ3) is 3.82. The highest BCUT2D eigenvalue weighted by molar-refractivity contribution is 5.80. The Bertz CT molecular complexity index is 1780. The molecule has 0 N–H and O–H groups in total. The lowest BCUT2D eigenvalue weighted by atomic mass is 10.2. The first-order valence-electron chi connectivity index (χ1n) is 11.2. The van der Waals surface area contributed by atoms with Gasteiger partial charge in [-0.2, -0.15) is 0 Å². The van der Waals surface area contributed by atoms with Crippen LogP contribution in [0.2, 0.25) is 0 Å². The van der Waals surface area contributed by atoms with Gasteiger partial charge >= 0.3 is 0 Å². The van der Waals surface area contributed by atoms with Gasteiger partial charge in [-0.05, 0) is 42.8 Å². The minimum Gasteiger partial charge on any atom is -0.283 e. The molecule has 0 saturated heterocycles. The topological polar surface area (TPSA) is 105 Å². The number of benzene rings is 3. The predicted molar refractivity (Wildman–Crippen MR) is 139 cm³/mol. The van der Waals surface area contributed by atoms with E-state index in [2.05, 4.69) is 4.98 Å². The van der Waals surface area contributed by atoms with E-state index in [4.69, 9.17) is 0 Å². The van der Waals surface area contributed by atoms with E-state index < -0.39 is 4.92 Å². The highest BCUT2D eigenvalue weighted by atomic mass is 16.6. The van der Waals surface area contributed by atoms with Crippen LogP contribution in [0.25, 0.3) is 34.4 Å². The number of rotatable bonds is 5. The van der Waals surface area contributed by atoms with Gasteiger partial charge in [-0.15, -0.1) is 0 Å². The zero-order valence-corrected chi connectivity index (χ0v) is 19.5. The van der Waals surface area contributed by atoms with Crippen molar-refractivity contribution in [2.24, 2.45) is 7.05 Å². The average Bonchev–Trinajstić information content (AvgIpc) is 3.11. The van der Waals surface area contributed by atoms with Crippen LogP contribution in [0, 0.1) is 17.0 Å². The summed E-state index contributed by atoms with van der Waals surface area (Å²) in [5.74, 6) is 0.233. The van der Waals surface area contributed by atoms with E-state index in [1.54, 1.807) is 67.2 Å². The molecule has 3 aromatic carbocycles. The summed E-state index contributed by atoms with van der Waals surface area (Å²) in [5.41, 5.74) is 1.66. The molecular weight excluding hydrogens is 458 g/mol. The van der Waals surface area contributed by atoms with Crippen LogP contribution < -0.4 is 11.1 Å². The number of nitrogens with zero attached hydrogens (tertiary/aromatic N) is 5. The van der Waals surface area contributed by atoms with Crippen LogP contribution in [-0.4, -0.2) is 23.8 Å². The highest BCUT2D eigenvalue weighted by Gasteiger charge is 2.22. The van der Waals surface area contributed by atoms with E-state index in [0.29, 0.717) is 27.8 Å². The first-order chi connectivity index (χ1) is 17.4. The average molecular weight is 479 g/mol. The molecule has 0 atom stereocenters. The molecule has 0 aliphatic rings. The third-order valence-electron chi connectivity index (χ3n) is 6.05. The van der Waals surface area contributed by atoms with Crippen molar-refractivity contribution in [3.8, 4) is 11.4 Å². The Hall–Kier alpha value is -5.05. The predicted octanol–water partition coefficient (Wildman–Crippen LogP) is 4.26. The molecule has 178 valence electrons. The number of hydrogen-bond acceptors (Lipinski definition) is 5. The zero-order valence-electron chi connectivity index (χ0n) is 19.5. The second kappa shape index (κ2) is 8.95. The molecule has 0 unspecified atom stereocenters. The van der Waals surface area contributed by atoms with Crippen molar-refractivity contribution in [3.05, 3.63) is 127 Å². The SMILES string of the molecule is Cc1c(-n2c(/C=C/c3cccc([N+](=O)[O-])c3)nc3ccccc3c2=O)c(=O)n(-c2ccccc2)n1C. The summed E-state index contributed by atoms with van der Waals surface area (Å²) in [4.78, 5) is 42.8. The Kier molecular flexibility index (Phi) is 5.65. The van der Waals surface area contributed by atoms with Gasteiger partial charge in [0.05, 0.1) is 27.2 Å². The molecule has 9 heteroatoms. The van der Waals surface area contributed by atoms with E-state index in [-0.39, 0.29) is 28.3 Å². The van der Waals surface area contributed by atoms with E-state index >= 15 is 0 Å². The van der Waals surface area contributed by atoms with Gasteiger partial charge in [-0.3, -0.25) is 29.0 Å². The van der Waals surface area contributed by atoms with Gasteiger partial charge in [0.2, 0.25) is 0 Å². The zero-order chi connectivity index (χ0) is 25.4. The van der Waals surface area contributed by atoms with Gasteiger partial charge in [-0.1, -0.05) is 48.5 Å². The Labute approximate surface area is 204 Å². The summed E-state index contributed by atoms with van der Waals surface area (Å²) in [6.07, 6.45) is 3.22. The standard InChI is InChI=1S/C27H21N5O4/c1-18-25(27(34)31(29(18)2)20-10-4-3-5-11-20)30-24(28-23-14-7-6-13-22(23)26(30)33)16-15-19-9-8-12-21(17-19)32(35)36/h3-17H,1-2H3/b16-15+. The van der Waals surface area contributed by atoms with Crippen molar-refractivity contribution in [1.29, 1.82) is 0 Å². The number of hydrogen-bond donors (Lipinski definition) is 0. The number of nitro benzene ring substituents is 1. The van der Waals surface area contributed by atoms with Crippen LogP contribution in [0.3, 0.4) is 0 Å². The van der Waals surface area contributed by atoms with Crippen LogP contribution in [0.5, 0.6) is 0 Å². The van der Waals surface area contributed by atoms with Gasteiger partial charge in [0, 0.05) is 19.2 Å². The van der Waals surface area contributed by atoms with Crippen molar-refractivity contribution in [2.75, 3.05) is 0 Å². The lowest BCUT2D eigenvalue weighted by molar-refractivity contribution is -0.384. The monoisotopic (exact) mass is 479 g/mol. The quantitative estimate of drug-likeness (QED) is 0.277. The van der Waals surface area contributed by atoms with Crippen LogP contribution >= 0.6 is 0 Å². The summed E-state index contributed by atoms with van der Waals surface area (Å²) < 4.78 is 4.51. The second-order valence-electron chi connectivity index (χ2n) is 8.22. The normalized spacial score (nSPS) is 11.4. The summed E-state index contributed by atoms with van der Waals surface area (Å²) in [6.45, 7) is 1.77. The van der Waals surface area contributed by atoms with Gasteiger partial charge in [0.1, 0.15) is 11.5 Å². The first-order valence-corrected chi connectivity index (χ1v) is 11.2. The maximum atomic E-state index is 13.7. The van der Waals surface area contributed by atoms with E-state index in [1.165, 1.54) is 21.4 Å². The summed E-state index contributed by atoms with van der Waals surface area (Å²) in [6, 6.07) is 22.2. The molecule has 0 amide bonds. The van der Waals surface area contributed by atoms with Crippen molar-refractivity contribution < 1.29 is 4.92 Å². The number of fused-ring (bicyclic) bond motifs is 1. The molecule has 0 fully saturated rings. The van der Waals surface area contributed by atoms with Crippen LogP contribution in [0.1, 0.15) is 17.1 Å². The molecule has 5 rings (SSSR count). The summed E-state index contributed by atoms with van der Waals surface area (Å²) in [7, 11) is 1.76. The molecular formula is C27H21N5O4. The van der Waals surface area contributed by atoms with Crippen molar-refractivity contribution >= 4 is 28.7 Å². The van der Waals surface area contributed by atoms with Crippen molar-refractivity contribution in [1.82, 2.24) is 18.9 Å². The lowest BCUT2D eigenvalue weighted by Gasteiger charge is -2.10. The third-order valence-corrected chi connectivity index (χ3v) is 6.05. The van der Waals surface area contributed by atoms with Crippen LogP contribution in [0.15, 0.2) is 88.5 Å². The van der Waals surface area contributed by atoms with Gasteiger partial charge in [0.25, 0.3) is 16.8 Å². The molecule has 5 aromatic rings. The molecule has 9 nitrogen and oxygen atoms in total. The molecule has 0 aliphatic carbocycles. The Morgan fingerprint density at radius 3 is 2.36 bits per heavy atom. The van der Waals surface area contributed by atoms with Crippen molar-refractivity contribution in [3.63, 3.8) is 0 Å². The molecule has 36 heavy (non-hydrogen) atoms. The largest absolute Gasteiger partial charge is 0.296 e. The fourth-order valence-electron chi connectivity index (χ4n) is 4.20. The van der Waals surface area contributed by atoms with Gasteiger partial charge in [0.15, 0.2) is 0 Å². The van der Waals surface area contributed by atoms with Gasteiger partial charge in [-0.25, -0.2) is 9.67 Å². The summed E-state index contributed by atoms with van der Waals surface area (Å²) in [5, 5.41) is 11.5. The molecule has 0 aliphatic heterocycles. The minimum atomic E-state index is -0.471. The Morgan fingerprint density at radius 1 is 0.889 bits per heavy atom. The maximum Gasteiger partial charge on any atom is 0.296 e. The van der Waals surface area contributed by atoms with E-state index in [1.807, 2.05) is 30.3 Å². The lowest BCUT2D eigenvalue weighted by Crippen LogP contribution is -2.28. The number of nitro groups is 1. The molecule has 2 heterocycles. The van der Waals surface area contributed by atoms with Gasteiger partial charge < -0.3 is 0 Å². The molecule has 0 radical (unpaired) electrons. The second-order valence-corrected chi connectivity index (χ2v) is 8.22. The Balaban J connectivity index is 1.78. The minimum absolute atomic E-state index is 0.0503. The smallest absolute Gasteiger partial charge is 0.283 e.